The van der Waals surface area contributed by atoms with Gasteiger partial charge in [0.1, 0.15) is 12.6 Å². The van der Waals surface area contributed by atoms with Crippen LogP contribution in [0, 0.1) is 4.78 Å². The molecule has 3 rings (SSSR count). The van der Waals surface area contributed by atoms with E-state index in [4.69, 9.17) is 9.52 Å². The number of carboxylic acids is 1. The van der Waals surface area contributed by atoms with Gasteiger partial charge in [0.2, 0.25) is 0 Å². The molecular weight excluding hydrogens is 380 g/mol. The van der Waals surface area contributed by atoms with Crippen LogP contribution in [0.25, 0.3) is 11.1 Å². The van der Waals surface area contributed by atoms with Gasteiger partial charge in [-0.05, 0) is 28.7 Å². The third-order valence-electron chi connectivity index (χ3n) is 4.73. The summed E-state index contributed by atoms with van der Waals surface area (Å²) in [6, 6.07) is 14.6. The van der Waals surface area contributed by atoms with E-state index in [0.717, 1.165) is 22.3 Å². The van der Waals surface area contributed by atoms with Crippen molar-refractivity contribution in [3.05, 3.63) is 59.7 Å². The maximum Gasteiger partial charge on any atom is 0.407 e. The number of carboxylic acid groups (broad SMARTS) is 1. The molecule has 0 aromatic heterocycles. The molecule has 0 fully saturated rings. The van der Waals surface area contributed by atoms with Crippen LogP contribution in [0.1, 0.15) is 23.5 Å². The van der Waals surface area contributed by atoms with Crippen LogP contribution in [0.5, 0.6) is 0 Å². The molecule has 2 aromatic rings. The predicted octanol–water partition coefficient (Wildman–Crippen LogP) is 3.04. The molecular formula is C20H22N2O5S. The molecule has 0 spiro atoms. The zero-order valence-corrected chi connectivity index (χ0v) is 16.2. The standard InChI is InChI=1S/C20H22N2O5S/c1-28(21,26)11-10-18(19(23)24)22-20(25)27-12-17-15-8-4-2-6-13(15)14-7-3-5-9-16(14)17/h2-9,17-18,21H,10-12H2,1H3,(H,22,25)(H,23,24)/t18-,28?/m1/s1. The Hall–Kier alpha value is -2.87. The van der Waals surface area contributed by atoms with E-state index in [-0.39, 0.29) is 24.7 Å². The largest absolute Gasteiger partial charge is 0.480 e. The van der Waals surface area contributed by atoms with Crippen LogP contribution in [0.2, 0.25) is 0 Å². The quantitative estimate of drug-likeness (QED) is 0.658. The predicted molar refractivity (Wildman–Crippen MR) is 106 cm³/mol. The Balaban J connectivity index is 1.66. The summed E-state index contributed by atoms with van der Waals surface area (Å²) in [5, 5.41) is 11.5. The monoisotopic (exact) mass is 402 g/mol. The number of benzene rings is 2. The number of fused-ring (bicyclic) bond motifs is 3. The van der Waals surface area contributed by atoms with Gasteiger partial charge in [-0.25, -0.2) is 9.59 Å². The van der Waals surface area contributed by atoms with Crippen molar-refractivity contribution >= 4 is 21.8 Å². The maximum absolute atomic E-state index is 12.1. The van der Waals surface area contributed by atoms with Crippen LogP contribution in [0.3, 0.4) is 0 Å². The highest BCUT2D eigenvalue weighted by atomic mass is 32.2. The number of carbonyl (C=O) groups is 2. The third-order valence-corrected chi connectivity index (χ3v) is 5.74. The summed E-state index contributed by atoms with van der Waals surface area (Å²) in [6.07, 6.45) is 0.291. The lowest BCUT2D eigenvalue weighted by Gasteiger charge is -2.17. The summed E-state index contributed by atoms with van der Waals surface area (Å²) in [5.41, 5.74) is 4.32. The summed E-state index contributed by atoms with van der Waals surface area (Å²) in [5.74, 6) is -1.49. The van der Waals surface area contributed by atoms with Crippen molar-refractivity contribution in [3.63, 3.8) is 0 Å². The fourth-order valence-corrected chi connectivity index (χ4v) is 4.07. The zero-order chi connectivity index (χ0) is 20.3. The Bertz CT molecular complexity index is 958. The fourth-order valence-electron chi connectivity index (χ4n) is 3.38. The minimum Gasteiger partial charge on any atom is -0.480 e. The number of aliphatic carboxylic acids is 1. The molecule has 0 radical (unpaired) electrons. The van der Waals surface area contributed by atoms with Crippen molar-refractivity contribution in [2.45, 2.75) is 18.4 Å². The van der Waals surface area contributed by atoms with Gasteiger partial charge in [-0.2, -0.15) is 0 Å². The van der Waals surface area contributed by atoms with Gasteiger partial charge < -0.3 is 15.2 Å². The van der Waals surface area contributed by atoms with Gasteiger partial charge in [0.05, 0.1) is 0 Å². The van der Waals surface area contributed by atoms with Crippen LogP contribution in [-0.2, 0) is 19.3 Å². The summed E-state index contributed by atoms with van der Waals surface area (Å²) < 4.78 is 24.2. The van der Waals surface area contributed by atoms with E-state index >= 15 is 0 Å². The summed E-state index contributed by atoms with van der Waals surface area (Å²) >= 11 is 0. The Morgan fingerprint density at radius 2 is 1.68 bits per heavy atom. The van der Waals surface area contributed by atoms with Crippen LogP contribution >= 0.6 is 0 Å². The molecule has 0 bridgehead atoms. The molecule has 0 saturated heterocycles. The lowest BCUT2D eigenvalue weighted by atomic mass is 9.98. The number of carbonyl (C=O) groups excluding carboxylic acids is 1. The zero-order valence-electron chi connectivity index (χ0n) is 15.4. The second-order valence-electron chi connectivity index (χ2n) is 6.86. The molecule has 148 valence electrons. The Morgan fingerprint density at radius 3 is 2.18 bits per heavy atom. The van der Waals surface area contributed by atoms with Crippen molar-refractivity contribution in [1.82, 2.24) is 5.32 Å². The first-order chi connectivity index (χ1) is 13.3. The van der Waals surface area contributed by atoms with E-state index in [1.807, 2.05) is 48.5 Å². The number of nitrogens with one attached hydrogen (secondary N) is 2. The number of rotatable bonds is 7. The Labute approximate surface area is 163 Å². The SMILES string of the molecule is CS(=N)(=O)CC[C@@H](NC(=O)OCC1c2ccccc2-c2ccccc21)C(=O)O. The minimum atomic E-state index is -2.84. The van der Waals surface area contributed by atoms with Crippen LogP contribution in [0.4, 0.5) is 4.79 Å². The average Bonchev–Trinajstić information content (AvgIpc) is 2.96. The summed E-state index contributed by atoms with van der Waals surface area (Å²) in [7, 11) is -2.84. The maximum atomic E-state index is 12.1. The van der Waals surface area contributed by atoms with E-state index < -0.39 is 27.8 Å². The van der Waals surface area contributed by atoms with Gasteiger partial charge in [-0.3, -0.25) is 8.99 Å². The van der Waals surface area contributed by atoms with Crippen molar-refractivity contribution in [1.29, 1.82) is 4.78 Å². The molecule has 28 heavy (non-hydrogen) atoms. The summed E-state index contributed by atoms with van der Waals surface area (Å²) in [4.78, 5) is 23.5. The molecule has 8 heteroatoms. The first-order valence-corrected chi connectivity index (χ1v) is 11.0. The number of ether oxygens (including phenoxy) is 1. The lowest BCUT2D eigenvalue weighted by Crippen LogP contribution is -2.42. The highest BCUT2D eigenvalue weighted by Gasteiger charge is 2.29. The molecule has 1 unspecified atom stereocenters. The minimum absolute atomic E-state index is 0.0785. The number of hydrogen-bond donors (Lipinski definition) is 3. The lowest BCUT2D eigenvalue weighted by molar-refractivity contribution is -0.139. The van der Waals surface area contributed by atoms with Crippen molar-refractivity contribution < 1.29 is 23.6 Å². The van der Waals surface area contributed by atoms with Crippen molar-refractivity contribution in [3.8, 4) is 11.1 Å². The smallest absolute Gasteiger partial charge is 0.407 e. The first-order valence-electron chi connectivity index (χ1n) is 8.82. The van der Waals surface area contributed by atoms with Gasteiger partial charge in [0.25, 0.3) is 0 Å². The van der Waals surface area contributed by atoms with Crippen LogP contribution in [-0.4, -0.2) is 46.0 Å². The van der Waals surface area contributed by atoms with Gasteiger partial charge in [-0.15, -0.1) is 0 Å². The topological polar surface area (TPSA) is 117 Å². The third kappa shape index (κ3) is 4.51. The first kappa shape index (κ1) is 19.9. The Morgan fingerprint density at radius 1 is 1.14 bits per heavy atom. The molecule has 2 atom stereocenters. The molecule has 0 aliphatic heterocycles. The molecule has 1 amide bonds. The second kappa shape index (κ2) is 8.02. The van der Waals surface area contributed by atoms with Gasteiger partial charge >= 0.3 is 12.1 Å². The molecule has 3 N–H and O–H groups in total. The molecule has 1 aliphatic rings. The number of amides is 1. The average molecular weight is 402 g/mol. The van der Waals surface area contributed by atoms with E-state index in [9.17, 15) is 18.9 Å². The van der Waals surface area contributed by atoms with E-state index in [0.29, 0.717) is 0 Å². The van der Waals surface area contributed by atoms with Gasteiger partial charge in [-0.1, -0.05) is 48.5 Å². The van der Waals surface area contributed by atoms with Crippen molar-refractivity contribution in [2.75, 3.05) is 18.6 Å². The highest BCUT2D eigenvalue weighted by molar-refractivity contribution is 7.91. The molecule has 2 aromatic carbocycles. The van der Waals surface area contributed by atoms with Crippen molar-refractivity contribution in [2.24, 2.45) is 0 Å². The van der Waals surface area contributed by atoms with E-state index in [2.05, 4.69) is 5.32 Å². The number of alkyl carbamates (subject to hydrolysis) is 1. The fraction of sp³-hybridized carbons (Fsp3) is 0.300. The molecule has 1 aliphatic carbocycles. The molecule has 0 saturated carbocycles. The summed E-state index contributed by atoms with van der Waals surface area (Å²) in [6.45, 7) is 0.0785. The highest BCUT2D eigenvalue weighted by Crippen LogP contribution is 2.44. The molecule has 7 nitrogen and oxygen atoms in total. The van der Waals surface area contributed by atoms with E-state index in [1.165, 1.54) is 6.26 Å². The Kier molecular flexibility index (Phi) is 5.69. The van der Waals surface area contributed by atoms with Crippen LogP contribution in [0.15, 0.2) is 48.5 Å². The van der Waals surface area contributed by atoms with E-state index in [1.54, 1.807) is 0 Å². The van der Waals surface area contributed by atoms with Gasteiger partial charge in [0.15, 0.2) is 0 Å². The normalized spacial score (nSPS) is 15.8. The second-order valence-corrected chi connectivity index (χ2v) is 9.28. The molecule has 0 heterocycles. The van der Waals surface area contributed by atoms with Gasteiger partial charge in [0, 0.05) is 27.7 Å². The van der Waals surface area contributed by atoms with Crippen LogP contribution < -0.4 is 5.32 Å². The number of hydrogen-bond acceptors (Lipinski definition) is 5.